The maximum absolute atomic E-state index is 12.3. The van der Waals surface area contributed by atoms with Crippen LogP contribution in [0.4, 0.5) is 5.69 Å². The summed E-state index contributed by atoms with van der Waals surface area (Å²) in [5, 5.41) is 6.64. The van der Waals surface area contributed by atoms with E-state index in [4.69, 9.17) is 23.2 Å². The third kappa shape index (κ3) is 2.94. The van der Waals surface area contributed by atoms with Crippen LogP contribution in [0, 0.1) is 0 Å². The number of carbonyl (C=O) groups is 1. The van der Waals surface area contributed by atoms with Gasteiger partial charge in [0.15, 0.2) is 0 Å². The Hall–Kier alpha value is -1.08. The highest BCUT2D eigenvalue weighted by molar-refractivity contribution is 9.10. The number of amides is 1. The summed E-state index contributed by atoms with van der Waals surface area (Å²) < 4.78 is 0.684. The van der Waals surface area contributed by atoms with Crippen LogP contribution in [-0.4, -0.2) is 21.9 Å². The number of nitrogens with one attached hydrogen (secondary N) is 3. The first-order chi connectivity index (χ1) is 10.1. The minimum atomic E-state index is -0.348. The maximum Gasteiger partial charge on any atom is 0.241 e. The number of rotatable bonds is 2. The van der Waals surface area contributed by atoms with Gasteiger partial charge in [-0.1, -0.05) is 23.2 Å². The predicted octanol–water partition coefficient (Wildman–Crippen LogP) is 3.13. The highest BCUT2D eigenvalue weighted by Crippen LogP contribution is 2.35. The fourth-order valence-corrected chi connectivity index (χ4v) is 3.02. The zero-order valence-corrected chi connectivity index (χ0v) is 13.8. The summed E-state index contributed by atoms with van der Waals surface area (Å²) in [6, 6.07) is 3.10. The lowest BCUT2D eigenvalue weighted by Crippen LogP contribution is -2.44. The molecule has 0 bridgehead atoms. The summed E-state index contributed by atoms with van der Waals surface area (Å²) in [5.41, 5.74) is 2.42. The molecule has 0 saturated carbocycles. The summed E-state index contributed by atoms with van der Waals surface area (Å²) in [6.07, 6.45) is 2.17. The smallest absolute Gasteiger partial charge is 0.241 e. The Morgan fingerprint density at radius 2 is 2.19 bits per heavy atom. The molecule has 1 aromatic heterocycles. The Morgan fingerprint density at radius 1 is 1.38 bits per heavy atom. The van der Waals surface area contributed by atoms with E-state index in [1.54, 1.807) is 18.5 Å². The van der Waals surface area contributed by atoms with E-state index >= 15 is 0 Å². The Bertz CT molecular complexity index is 703. The van der Waals surface area contributed by atoms with Gasteiger partial charge in [-0.3, -0.25) is 10.1 Å². The van der Waals surface area contributed by atoms with Crippen molar-refractivity contribution in [2.45, 2.75) is 19.0 Å². The predicted molar refractivity (Wildman–Crippen MR) is 85.7 cm³/mol. The standard InChI is InChI=1S/C13H11BrCl2N4O/c14-6-1-2-7(12(16)11(6)15)20-13(21)9-3-8-10(4-17-9)19-5-18-8/h1-2,5,9,17H,3-4H2,(H,18,19)(H,20,21). The molecule has 21 heavy (non-hydrogen) atoms. The highest BCUT2D eigenvalue weighted by Gasteiger charge is 2.26. The number of aromatic amines is 1. The van der Waals surface area contributed by atoms with Gasteiger partial charge in [-0.15, -0.1) is 0 Å². The second-order valence-corrected chi connectivity index (χ2v) is 6.29. The van der Waals surface area contributed by atoms with Crippen molar-refractivity contribution in [1.82, 2.24) is 15.3 Å². The van der Waals surface area contributed by atoms with Gasteiger partial charge >= 0.3 is 0 Å². The third-order valence-electron chi connectivity index (χ3n) is 3.34. The van der Waals surface area contributed by atoms with Gasteiger partial charge in [-0.05, 0) is 28.1 Å². The van der Waals surface area contributed by atoms with Crippen molar-refractivity contribution in [3.63, 3.8) is 0 Å². The SMILES string of the molecule is O=C(Nc1ccc(Br)c(Cl)c1Cl)C1Cc2nc[nH]c2CN1. The van der Waals surface area contributed by atoms with E-state index in [9.17, 15) is 4.79 Å². The summed E-state index contributed by atoms with van der Waals surface area (Å²) in [7, 11) is 0. The molecule has 0 fully saturated rings. The van der Waals surface area contributed by atoms with Crippen molar-refractivity contribution < 1.29 is 4.79 Å². The van der Waals surface area contributed by atoms with E-state index in [1.807, 2.05) is 0 Å². The van der Waals surface area contributed by atoms with E-state index in [0.29, 0.717) is 33.2 Å². The molecule has 110 valence electrons. The number of anilines is 1. The Morgan fingerprint density at radius 3 is 3.00 bits per heavy atom. The van der Waals surface area contributed by atoms with E-state index < -0.39 is 0 Å². The number of halogens is 3. The molecular formula is C13H11BrCl2N4O. The molecule has 2 heterocycles. The largest absolute Gasteiger partial charge is 0.347 e. The Kier molecular flexibility index (Phi) is 4.21. The molecule has 0 radical (unpaired) electrons. The molecule has 1 unspecified atom stereocenters. The molecule has 0 aliphatic carbocycles. The fourth-order valence-electron chi connectivity index (χ4n) is 2.20. The van der Waals surface area contributed by atoms with Crippen LogP contribution >= 0.6 is 39.1 Å². The fraction of sp³-hybridized carbons (Fsp3) is 0.231. The number of benzene rings is 1. The lowest BCUT2D eigenvalue weighted by molar-refractivity contribution is -0.118. The van der Waals surface area contributed by atoms with Crippen molar-refractivity contribution in [3.05, 3.63) is 44.4 Å². The van der Waals surface area contributed by atoms with Gasteiger partial charge in [-0.2, -0.15) is 0 Å². The Labute approximate surface area is 139 Å². The molecule has 1 amide bonds. The average molecular weight is 390 g/mol. The molecule has 1 aliphatic heterocycles. The van der Waals surface area contributed by atoms with Crippen LogP contribution in [0.15, 0.2) is 22.9 Å². The Balaban J connectivity index is 1.74. The summed E-state index contributed by atoms with van der Waals surface area (Å²) in [6.45, 7) is 0.586. The second kappa shape index (κ2) is 5.96. The third-order valence-corrected chi connectivity index (χ3v) is 5.11. The summed E-state index contributed by atoms with van der Waals surface area (Å²) in [4.78, 5) is 19.6. The van der Waals surface area contributed by atoms with Gasteiger partial charge in [0.05, 0.1) is 39.5 Å². The molecule has 5 nitrogen and oxygen atoms in total. The van der Waals surface area contributed by atoms with Crippen LogP contribution in [0.2, 0.25) is 10.0 Å². The van der Waals surface area contributed by atoms with Gasteiger partial charge in [0, 0.05) is 17.4 Å². The molecule has 2 aromatic rings. The van der Waals surface area contributed by atoms with Gasteiger partial charge in [-0.25, -0.2) is 4.98 Å². The van der Waals surface area contributed by atoms with Crippen LogP contribution in [-0.2, 0) is 17.8 Å². The molecule has 0 saturated heterocycles. The number of imidazole rings is 1. The van der Waals surface area contributed by atoms with Crippen molar-refractivity contribution in [2.75, 3.05) is 5.32 Å². The van der Waals surface area contributed by atoms with Crippen molar-refractivity contribution in [2.24, 2.45) is 0 Å². The lowest BCUT2D eigenvalue weighted by atomic mass is 10.0. The van der Waals surface area contributed by atoms with Crippen molar-refractivity contribution in [3.8, 4) is 0 Å². The number of hydrogen-bond acceptors (Lipinski definition) is 3. The summed E-state index contributed by atoms with van der Waals surface area (Å²) in [5.74, 6) is -0.163. The lowest BCUT2D eigenvalue weighted by Gasteiger charge is -2.22. The first-order valence-corrected chi connectivity index (χ1v) is 7.80. The topological polar surface area (TPSA) is 69.8 Å². The number of aromatic nitrogens is 2. The van der Waals surface area contributed by atoms with Gasteiger partial charge in [0.25, 0.3) is 0 Å². The van der Waals surface area contributed by atoms with Crippen LogP contribution in [0.5, 0.6) is 0 Å². The van der Waals surface area contributed by atoms with E-state index in [0.717, 1.165) is 11.4 Å². The molecule has 1 aromatic carbocycles. The quantitative estimate of drug-likeness (QED) is 0.691. The maximum atomic E-state index is 12.3. The average Bonchev–Trinajstić information content (AvgIpc) is 2.95. The minimum Gasteiger partial charge on any atom is -0.347 e. The second-order valence-electron chi connectivity index (χ2n) is 4.68. The molecule has 3 rings (SSSR count). The monoisotopic (exact) mass is 388 g/mol. The first-order valence-electron chi connectivity index (χ1n) is 6.25. The van der Waals surface area contributed by atoms with Crippen LogP contribution in [0.3, 0.4) is 0 Å². The molecule has 3 N–H and O–H groups in total. The number of H-pyrrole nitrogens is 1. The highest BCUT2D eigenvalue weighted by atomic mass is 79.9. The van der Waals surface area contributed by atoms with Crippen LogP contribution in [0.1, 0.15) is 11.4 Å². The zero-order chi connectivity index (χ0) is 15.0. The van der Waals surface area contributed by atoms with Crippen LogP contribution < -0.4 is 10.6 Å². The van der Waals surface area contributed by atoms with Crippen molar-refractivity contribution >= 4 is 50.7 Å². The number of fused-ring (bicyclic) bond motifs is 1. The first kappa shape index (κ1) is 14.8. The number of nitrogens with zero attached hydrogens (tertiary/aromatic N) is 1. The number of hydrogen-bond donors (Lipinski definition) is 3. The van der Waals surface area contributed by atoms with Gasteiger partial charge < -0.3 is 10.3 Å². The molecule has 0 spiro atoms. The minimum absolute atomic E-state index is 0.163. The van der Waals surface area contributed by atoms with E-state index in [1.165, 1.54) is 0 Å². The summed E-state index contributed by atoms with van der Waals surface area (Å²) >= 11 is 15.5. The zero-order valence-electron chi connectivity index (χ0n) is 10.7. The van der Waals surface area contributed by atoms with E-state index in [2.05, 4.69) is 36.5 Å². The normalized spacial score (nSPS) is 17.4. The molecule has 1 atom stereocenters. The van der Waals surface area contributed by atoms with E-state index in [-0.39, 0.29) is 11.9 Å². The van der Waals surface area contributed by atoms with Crippen LogP contribution in [0.25, 0.3) is 0 Å². The van der Waals surface area contributed by atoms with Gasteiger partial charge in [0.2, 0.25) is 5.91 Å². The van der Waals surface area contributed by atoms with Crippen molar-refractivity contribution in [1.29, 1.82) is 0 Å². The van der Waals surface area contributed by atoms with Gasteiger partial charge in [0.1, 0.15) is 0 Å². The molecular weight excluding hydrogens is 379 g/mol. The number of carbonyl (C=O) groups excluding carboxylic acids is 1. The molecule has 8 heteroatoms. The molecule has 1 aliphatic rings.